The Bertz CT molecular complexity index is 735. The number of carbonyl (C=O) groups is 1. The van der Waals surface area contributed by atoms with E-state index < -0.39 is 0 Å². The minimum Gasteiger partial charge on any atom is -0.353 e. The summed E-state index contributed by atoms with van der Waals surface area (Å²) in [5, 5.41) is 7.50. The number of hydrogen-bond donors (Lipinski definition) is 1. The molecule has 0 spiro atoms. The molecule has 0 saturated carbocycles. The van der Waals surface area contributed by atoms with E-state index in [-0.39, 0.29) is 11.9 Å². The Balaban J connectivity index is 1.58. The molecule has 25 heavy (non-hydrogen) atoms. The molecule has 1 aromatic heterocycles. The maximum absolute atomic E-state index is 12.0. The van der Waals surface area contributed by atoms with E-state index in [1.807, 2.05) is 48.1 Å². The van der Waals surface area contributed by atoms with Gasteiger partial charge >= 0.3 is 0 Å². The highest BCUT2D eigenvalue weighted by Crippen LogP contribution is 2.22. The molecule has 1 N–H and O–H groups in total. The van der Waals surface area contributed by atoms with Gasteiger partial charge in [-0.2, -0.15) is 5.10 Å². The van der Waals surface area contributed by atoms with Gasteiger partial charge in [0.2, 0.25) is 5.91 Å². The molecule has 1 unspecified atom stereocenters. The van der Waals surface area contributed by atoms with Crippen LogP contribution in [0, 0.1) is 0 Å². The fourth-order valence-corrected chi connectivity index (χ4v) is 2.95. The first-order valence-electron chi connectivity index (χ1n) is 8.97. The Labute approximate surface area is 149 Å². The quantitative estimate of drug-likeness (QED) is 0.881. The van der Waals surface area contributed by atoms with Gasteiger partial charge in [-0.1, -0.05) is 31.2 Å². The Hall–Kier alpha value is -2.40. The van der Waals surface area contributed by atoms with Crippen LogP contribution in [0.4, 0.5) is 0 Å². The van der Waals surface area contributed by atoms with Crippen molar-refractivity contribution in [2.75, 3.05) is 19.6 Å². The van der Waals surface area contributed by atoms with Crippen molar-refractivity contribution in [1.82, 2.24) is 20.0 Å². The van der Waals surface area contributed by atoms with Crippen LogP contribution in [0.3, 0.4) is 0 Å². The van der Waals surface area contributed by atoms with Crippen molar-refractivity contribution < 1.29 is 4.79 Å². The number of benzene rings is 1. The van der Waals surface area contributed by atoms with E-state index in [0.717, 1.165) is 37.2 Å². The molecule has 0 saturated heterocycles. The lowest BCUT2D eigenvalue weighted by Gasteiger charge is -2.26. The van der Waals surface area contributed by atoms with Crippen LogP contribution in [-0.2, 0) is 4.79 Å². The van der Waals surface area contributed by atoms with Gasteiger partial charge in [0.25, 0.3) is 0 Å². The van der Waals surface area contributed by atoms with Crippen LogP contribution in [0.1, 0.15) is 32.3 Å². The third-order valence-corrected chi connectivity index (χ3v) is 4.65. The number of aromatic nitrogens is 2. The molecular weight excluding hydrogens is 312 g/mol. The zero-order valence-corrected chi connectivity index (χ0v) is 15.0. The van der Waals surface area contributed by atoms with E-state index in [0.29, 0.717) is 6.54 Å². The summed E-state index contributed by atoms with van der Waals surface area (Å²) in [4.78, 5) is 14.2. The Morgan fingerprint density at radius 3 is 2.80 bits per heavy atom. The van der Waals surface area contributed by atoms with E-state index in [4.69, 9.17) is 0 Å². The van der Waals surface area contributed by atoms with Gasteiger partial charge in [-0.15, -0.1) is 0 Å². The third-order valence-electron chi connectivity index (χ3n) is 4.65. The molecule has 132 valence electrons. The SMILES string of the molecule is CCC(C)NC(=O)CN1CC=C(c2cnn(-c3ccccc3)c2)CC1. The number of para-hydroxylation sites is 1. The summed E-state index contributed by atoms with van der Waals surface area (Å²) in [5.74, 6) is 0.114. The summed E-state index contributed by atoms with van der Waals surface area (Å²) in [6.07, 6.45) is 8.11. The Kier molecular flexibility index (Phi) is 5.66. The van der Waals surface area contributed by atoms with Crippen LogP contribution in [0.2, 0.25) is 0 Å². The number of amides is 1. The number of hydrogen-bond acceptors (Lipinski definition) is 3. The normalized spacial score (nSPS) is 16.3. The summed E-state index contributed by atoms with van der Waals surface area (Å²) >= 11 is 0. The van der Waals surface area contributed by atoms with E-state index in [1.165, 1.54) is 5.57 Å². The monoisotopic (exact) mass is 338 g/mol. The maximum Gasteiger partial charge on any atom is 0.234 e. The summed E-state index contributed by atoms with van der Waals surface area (Å²) in [6, 6.07) is 10.4. The van der Waals surface area contributed by atoms with Crippen LogP contribution < -0.4 is 5.32 Å². The third kappa shape index (κ3) is 4.57. The number of nitrogens with zero attached hydrogens (tertiary/aromatic N) is 3. The highest BCUT2D eigenvalue weighted by molar-refractivity contribution is 5.78. The van der Waals surface area contributed by atoms with Gasteiger partial charge in [-0.25, -0.2) is 4.68 Å². The zero-order valence-electron chi connectivity index (χ0n) is 15.0. The first-order valence-corrected chi connectivity index (χ1v) is 8.97. The number of nitrogens with one attached hydrogen (secondary N) is 1. The van der Waals surface area contributed by atoms with E-state index in [9.17, 15) is 4.79 Å². The molecule has 0 bridgehead atoms. The second-order valence-corrected chi connectivity index (χ2v) is 6.60. The van der Waals surface area contributed by atoms with Gasteiger partial charge in [0.05, 0.1) is 18.4 Å². The minimum absolute atomic E-state index is 0.114. The molecule has 1 aromatic carbocycles. The predicted molar refractivity (Wildman–Crippen MR) is 100 cm³/mol. The van der Waals surface area contributed by atoms with Crippen molar-refractivity contribution in [3.63, 3.8) is 0 Å². The van der Waals surface area contributed by atoms with Gasteiger partial charge in [-0.3, -0.25) is 9.69 Å². The van der Waals surface area contributed by atoms with Gasteiger partial charge in [0.15, 0.2) is 0 Å². The average Bonchev–Trinajstić information content (AvgIpc) is 3.13. The lowest BCUT2D eigenvalue weighted by molar-refractivity contribution is -0.122. The molecule has 2 heterocycles. The molecule has 1 aliphatic rings. The average molecular weight is 338 g/mol. The zero-order chi connectivity index (χ0) is 17.6. The molecule has 1 amide bonds. The fourth-order valence-electron chi connectivity index (χ4n) is 2.95. The standard InChI is InChI=1S/C20H26N4O/c1-3-16(2)22-20(25)15-23-11-9-17(10-12-23)18-13-21-24(14-18)19-7-5-4-6-8-19/h4-9,13-14,16H,3,10-12,15H2,1-2H3,(H,22,25). The fraction of sp³-hybridized carbons (Fsp3) is 0.400. The van der Waals surface area contributed by atoms with Crippen molar-refractivity contribution in [2.45, 2.75) is 32.7 Å². The summed E-state index contributed by atoms with van der Waals surface area (Å²) < 4.78 is 1.90. The molecular formula is C20H26N4O. The second kappa shape index (κ2) is 8.12. The maximum atomic E-state index is 12.0. The molecule has 0 aliphatic carbocycles. The minimum atomic E-state index is 0.114. The number of rotatable bonds is 6. The molecule has 5 heteroatoms. The molecule has 2 aromatic rings. The van der Waals surface area contributed by atoms with Crippen LogP contribution in [0.15, 0.2) is 48.8 Å². The smallest absolute Gasteiger partial charge is 0.234 e. The summed E-state index contributed by atoms with van der Waals surface area (Å²) in [6.45, 7) is 6.29. The number of carbonyl (C=O) groups excluding carboxylic acids is 1. The van der Waals surface area contributed by atoms with Crippen LogP contribution >= 0.6 is 0 Å². The largest absolute Gasteiger partial charge is 0.353 e. The molecule has 0 fully saturated rings. The van der Waals surface area contributed by atoms with E-state index >= 15 is 0 Å². The summed E-state index contributed by atoms with van der Waals surface area (Å²) in [5.41, 5.74) is 3.53. The Morgan fingerprint density at radius 2 is 2.12 bits per heavy atom. The molecule has 1 aliphatic heterocycles. The van der Waals surface area contributed by atoms with Crippen molar-refractivity contribution in [2.24, 2.45) is 0 Å². The van der Waals surface area contributed by atoms with Crippen molar-refractivity contribution >= 4 is 11.5 Å². The summed E-state index contributed by atoms with van der Waals surface area (Å²) in [7, 11) is 0. The van der Waals surface area contributed by atoms with Crippen LogP contribution in [0.5, 0.6) is 0 Å². The molecule has 1 atom stereocenters. The van der Waals surface area contributed by atoms with Gasteiger partial charge in [0.1, 0.15) is 0 Å². The Morgan fingerprint density at radius 1 is 1.32 bits per heavy atom. The lowest BCUT2D eigenvalue weighted by atomic mass is 10.0. The van der Waals surface area contributed by atoms with Crippen molar-refractivity contribution in [3.8, 4) is 5.69 Å². The van der Waals surface area contributed by atoms with Crippen molar-refractivity contribution in [1.29, 1.82) is 0 Å². The van der Waals surface area contributed by atoms with Gasteiger partial charge < -0.3 is 5.32 Å². The van der Waals surface area contributed by atoms with Crippen LogP contribution in [0.25, 0.3) is 11.3 Å². The van der Waals surface area contributed by atoms with Gasteiger partial charge in [0, 0.05) is 30.9 Å². The highest BCUT2D eigenvalue weighted by atomic mass is 16.2. The second-order valence-electron chi connectivity index (χ2n) is 6.60. The van der Waals surface area contributed by atoms with Crippen molar-refractivity contribution in [3.05, 3.63) is 54.4 Å². The topological polar surface area (TPSA) is 50.2 Å². The molecule has 5 nitrogen and oxygen atoms in total. The van der Waals surface area contributed by atoms with Crippen LogP contribution in [-0.4, -0.2) is 46.3 Å². The first kappa shape index (κ1) is 17.4. The highest BCUT2D eigenvalue weighted by Gasteiger charge is 2.17. The first-order chi connectivity index (χ1) is 12.2. The lowest BCUT2D eigenvalue weighted by Crippen LogP contribution is -2.42. The van der Waals surface area contributed by atoms with E-state index in [2.05, 4.69) is 34.5 Å². The van der Waals surface area contributed by atoms with Gasteiger partial charge in [-0.05, 0) is 37.5 Å². The predicted octanol–water partition coefficient (Wildman–Crippen LogP) is 2.88. The van der Waals surface area contributed by atoms with E-state index in [1.54, 1.807) is 0 Å². The molecule has 0 radical (unpaired) electrons. The molecule has 3 rings (SSSR count).